The van der Waals surface area contributed by atoms with E-state index >= 15 is 0 Å². The third-order valence-electron chi connectivity index (χ3n) is 4.56. The average Bonchev–Trinajstić information content (AvgIpc) is 2.67. The molecule has 0 bridgehead atoms. The average molecular weight is 458 g/mol. The molecule has 1 saturated heterocycles. The first-order chi connectivity index (χ1) is 14.4. The number of pyridine rings is 1. The van der Waals surface area contributed by atoms with E-state index in [-0.39, 0.29) is 40.7 Å². The van der Waals surface area contributed by atoms with Crippen LogP contribution in [0.2, 0.25) is 5.15 Å². The Hall–Kier alpha value is -2.82. The van der Waals surface area contributed by atoms with Gasteiger partial charge in [0.2, 0.25) is 0 Å². The lowest BCUT2D eigenvalue weighted by atomic mass is 10.0. The highest BCUT2D eigenvalue weighted by Crippen LogP contribution is 2.33. The van der Waals surface area contributed by atoms with Gasteiger partial charge in [0, 0.05) is 13.0 Å². The van der Waals surface area contributed by atoms with Gasteiger partial charge >= 0.3 is 12.1 Å². The predicted octanol–water partition coefficient (Wildman–Crippen LogP) is 3.52. The fourth-order valence-corrected chi connectivity index (χ4v) is 3.29. The molecule has 0 unspecified atom stereocenters. The fraction of sp³-hybridized carbons (Fsp3) is 0.526. The number of aromatic nitrogens is 3. The van der Waals surface area contributed by atoms with E-state index in [2.05, 4.69) is 20.3 Å². The lowest BCUT2D eigenvalue weighted by Crippen LogP contribution is -2.56. The Morgan fingerprint density at radius 1 is 1.29 bits per heavy atom. The van der Waals surface area contributed by atoms with Gasteiger partial charge in [0.05, 0.1) is 19.2 Å². The van der Waals surface area contributed by atoms with Crippen LogP contribution in [0.3, 0.4) is 0 Å². The second-order valence-electron chi connectivity index (χ2n) is 8.04. The third kappa shape index (κ3) is 5.09. The van der Waals surface area contributed by atoms with Crippen LogP contribution in [0.1, 0.15) is 37.6 Å². The summed E-state index contributed by atoms with van der Waals surface area (Å²) in [5.74, 6) is -3.90. The van der Waals surface area contributed by atoms with Crippen molar-refractivity contribution in [1.82, 2.24) is 19.9 Å². The highest BCUT2D eigenvalue weighted by atomic mass is 35.5. The van der Waals surface area contributed by atoms with Gasteiger partial charge in [0.1, 0.15) is 34.2 Å². The predicted molar refractivity (Wildman–Crippen MR) is 108 cm³/mol. The molecule has 31 heavy (non-hydrogen) atoms. The number of nitrogens with zero attached hydrogens (tertiary/aromatic N) is 4. The maximum Gasteiger partial charge on any atom is 0.410 e. The Labute approximate surface area is 182 Å². The van der Waals surface area contributed by atoms with Crippen molar-refractivity contribution in [3.63, 3.8) is 0 Å². The number of alkyl halides is 2. The summed E-state index contributed by atoms with van der Waals surface area (Å²) in [5.41, 5.74) is -0.612. The molecule has 1 aliphatic rings. The number of amides is 1. The number of rotatable bonds is 3. The van der Waals surface area contributed by atoms with Crippen LogP contribution in [0.15, 0.2) is 12.4 Å². The molecule has 1 fully saturated rings. The lowest BCUT2D eigenvalue weighted by Gasteiger charge is -2.39. The van der Waals surface area contributed by atoms with E-state index in [1.807, 2.05) is 0 Å². The maximum absolute atomic E-state index is 14.7. The third-order valence-corrected chi connectivity index (χ3v) is 4.75. The number of piperidine rings is 1. The molecule has 9 nitrogen and oxygen atoms in total. The number of esters is 1. The van der Waals surface area contributed by atoms with Crippen molar-refractivity contribution in [3.05, 3.63) is 23.1 Å². The zero-order valence-corrected chi connectivity index (χ0v) is 18.2. The maximum atomic E-state index is 14.7. The fourth-order valence-electron chi connectivity index (χ4n) is 3.09. The van der Waals surface area contributed by atoms with Gasteiger partial charge in [-0.05, 0) is 26.8 Å². The molecule has 2 aromatic rings. The minimum Gasteiger partial charge on any atom is -0.465 e. The Morgan fingerprint density at radius 2 is 2.00 bits per heavy atom. The molecule has 1 amide bonds. The largest absolute Gasteiger partial charge is 0.465 e. The van der Waals surface area contributed by atoms with Crippen LogP contribution in [0.4, 0.5) is 19.4 Å². The molecular formula is C19H22ClF2N5O4. The number of hydrogen-bond donors (Lipinski definition) is 1. The number of ether oxygens (including phenoxy) is 2. The van der Waals surface area contributed by atoms with Gasteiger partial charge in [-0.25, -0.2) is 33.3 Å². The van der Waals surface area contributed by atoms with Crippen LogP contribution >= 0.6 is 11.6 Å². The van der Waals surface area contributed by atoms with Gasteiger partial charge in [0.25, 0.3) is 5.92 Å². The first kappa shape index (κ1) is 22.9. The molecule has 0 saturated carbocycles. The molecule has 0 aromatic carbocycles. The summed E-state index contributed by atoms with van der Waals surface area (Å²) in [5, 5.41) is 2.59. The number of nitrogens with one attached hydrogen (secondary N) is 1. The van der Waals surface area contributed by atoms with E-state index in [4.69, 9.17) is 21.1 Å². The van der Waals surface area contributed by atoms with Gasteiger partial charge in [-0.1, -0.05) is 11.6 Å². The Kier molecular flexibility index (Phi) is 6.17. The molecular weight excluding hydrogens is 436 g/mol. The molecule has 1 N–H and O–H groups in total. The monoisotopic (exact) mass is 457 g/mol. The zero-order chi connectivity index (χ0) is 23.0. The topological polar surface area (TPSA) is 107 Å². The Morgan fingerprint density at radius 3 is 2.65 bits per heavy atom. The molecule has 3 rings (SSSR count). The van der Waals surface area contributed by atoms with Crippen molar-refractivity contribution >= 4 is 40.5 Å². The number of carbonyl (C=O) groups is 2. The van der Waals surface area contributed by atoms with Crippen LogP contribution in [0.5, 0.6) is 0 Å². The quantitative estimate of drug-likeness (QED) is 0.551. The van der Waals surface area contributed by atoms with Gasteiger partial charge < -0.3 is 19.7 Å². The highest BCUT2D eigenvalue weighted by molar-refractivity contribution is 6.30. The number of halogens is 3. The van der Waals surface area contributed by atoms with E-state index in [9.17, 15) is 18.4 Å². The number of methoxy groups -OCH3 is 1. The summed E-state index contributed by atoms with van der Waals surface area (Å²) < 4.78 is 39.3. The molecule has 12 heteroatoms. The van der Waals surface area contributed by atoms with Gasteiger partial charge in [-0.2, -0.15) is 0 Å². The second-order valence-corrected chi connectivity index (χ2v) is 8.43. The van der Waals surface area contributed by atoms with Crippen molar-refractivity contribution in [2.45, 2.75) is 44.8 Å². The Balaban J connectivity index is 1.93. The van der Waals surface area contributed by atoms with E-state index in [1.54, 1.807) is 20.8 Å². The van der Waals surface area contributed by atoms with E-state index in [0.29, 0.717) is 0 Å². The number of hydrogen-bond acceptors (Lipinski definition) is 8. The van der Waals surface area contributed by atoms with Crippen LogP contribution < -0.4 is 5.32 Å². The standard InChI is InChI=1S/C19H22ClF2N5O4/c1-18(2,3)31-17(29)27-6-5-19(21,22)11(8-27)25-15-14-13(23-9-24-15)10(16(28)30-4)7-12(20)26-14/h7,9,11H,5-6,8H2,1-4H3,(H,23,24,25)/t11-/m1/s1. The molecule has 3 heterocycles. The Bertz CT molecular complexity index is 1010. The van der Waals surface area contributed by atoms with Crippen molar-refractivity contribution in [2.24, 2.45) is 0 Å². The van der Waals surface area contributed by atoms with E-state index < -0.39 is 36.0 Å². The molecule has 0 spiro atoms. The second kappa shape index (κ2) is 8.37. The van der Waals surface area contributed by atoms with Gasteiger partial charge in [0.15, 0.2) is 5.82 Å². The molecule has 0 radical (unpaired) electrons. The molecule has 2 aromatic heterocycles. The van der Waals surface area contributed by atoms with Crippen LogP contribution in [-0.2, 0) is 9.47 Å². The SMILES string of the molecule is COC(=O)c1cc(Cl)nc2c(N[C@@H]3CN(C(=O)OC(C)(C)C)CCC3(F)F)ncnc12. The minimum absolute atomic E-state index is 0.0220. The van der Waals surface area contributed by atoms with E-state index in [1.165, 1.54) is 18.1 Å². The van der Waals surface area contributed by atoms with Crippen LogP contribution in [-0.4, -0.2) is 69.7 Å². The van der Waals surface area contributed by atoms with Crippen molar-refractivity contribution in [3.8, 4) is 0 Å². The van der Waals surface area contributed by atoms with Gasteiger partial charge in [-0.3, -0.25) is 0 Å². The highest BCUT2D eigenvalue weighted by Gasteiger charge is 2.46. The number of likely N-dealkylation sites (tertiary alicyclic amines) is 1. The van der Waals surface area contributed by atoms with Crippen molar-refractivity contribution < 1.29 is 27.8 Å². The number of carbonyl (C=O) groups excluding carboxylic acids is 2. The summed E-state index contributed by atoms with van der Waals surface area (Å²) >= 11 is 6.00. The van der Waals surface area contributed by atoms with Crippen molar-refractivity contribution in [1.29, 1.82) is 0 Å². The summed E-state index contributed by atoms with van der Waals surface area (Å²) in [6.45, 7) is 4.61. The first-order valence-corrected chi connectivity index (χ1v) is 9.81. The van der Waals surface area contributed by atoms with Crippen LogP contribution in [0, 0.1) is 0 Å². The van der Waals surface area contributed by atoms with Gasteiger partial charge in [-0.15, -0.1) is 0 Å². The summed E-state index contributed by atoms with van der Waals surface area (Å²) in [7, 11) is 1.19. The van der Waals surface area contributed by atoms with Crippen LogP contribution in [0.25, 0.3) is 11.0 Å². The molecule has 0 aliphatic carbocycles. The molecule has 168 valence electrons. The summed E-state index contributed by atoms with van der Waals surface area (Å²) in [6, 6.07) is -0.208. The molecule has 1 atom stereocenters. The summed E-state index contributed by atoms with van der Waals surface area (Å²) in [4.78, 5) is 37.7. The minimum atomic E-state index is -3.14. The molecule has 1 aliphatic heterocycles. The lowest BCUT2D eigenvalue weighted by molar-refractivity contribution is -0.0683. The first-order valence-electron chi connectivity index (χ1n) is 9.43. The number of fused-ring (bicyclic) bond motifs is 1. The van der Waals surface area contributed by atoms with E-state index in [0.717, 1.165) is 6.33 Å². The number of anilines is 1. The normalized spacial score (nSPS) is 18.5. The smallest absolute Gasteiger partial charge is 0.410 e. The summed E-state index contributed by atoms with van der Waals surface area (Å²) in [6.07, 6.45) is -0.134. The zero-order valence-electron chi connectivity index (χ0n) is 17.4. The van der Waals surface area contributed by atoms with Crippen molar-refractivity contribution in [2.75, 3.05) is 25.5 Å².